The lowest BCUT2D eigenvalue weighted by Gasteiger charge is -2.09. The summed E-state index contributed by atoms with van der Waals surface area (Å²) in [4.78, 5) is 9.67. The molecule has 2 aromatic heterocycles. The number of halogens is 3. The Morgan fingerprint density at radius 3 is 2.83 bits per heavy atom. The van der Waals surface area contributed by atoms with Crippen LogP contribution in [0.25, 0.3) is 11.0 Å². The van der Waals surface area contributed by atoms with Crippen molar-refractivity contribution in [2.75, 3.05) is 11.1 Å². The van der Waals surface area contributed by atoms with Gasteiger partial charge in [-0.05, 0) is 30.7 Å². The van der Waals surface area contributed by atoms with Crippen molar-refractivity contribution in [1.82, 2.24) is 14.5 Å². The fraction of sp³-hybridized carbons (Fsp3) is 0.200. The van der Waals surface area contributed by atoms with Crippen molar-refractivity contribution in [2.45, 2.75) is 23.0 Å². The first-order chi connectivity index (χ1) is 11.1. The van der Waals surface area contributed by atoms with Gasteiger partial charge in [0.1, 0.15) is 5.52 Å². The van der Waals surface area contributed by atoms with Crippen LogP contribution < -0.4 is 5.73 Å². The van der Waals surface area contributed by atoms with E-state index in [2.05, 4.69) is 30.5 Å². The third-order valence-corrected chi connectivity index (χ3v) is 5.56. The molecule has 3 aromatic rings. The third kappa shape index (κ3) is 3.60. The summed E-state index contributed by atoms with van der Waals surface area (Å²) < 4.78 is 2.14. The van der Waals surface area contributed by atoms with Gasteiger partial charge in [0.25, 0.3) is 0 Å². The Morgan fingerprint density at radius 2 is 2.09 bits per heavy atom. The number of alkyl halides is 1. The highest BCUT2D eigenvalue weighted by Gasteiger charge is 2.15. The van der Waals surface area contributed by atoms with E-state index in [-0.39, 0.29) is 0 Å². The molecule has 2 N–H and O–H groups in total. The minimum Gasteiger partial charge on any atom is -0.382 e. The highest BCUT2D eigenvalue weighted by Crippen LogP contribution is 2.36. The van der Waals surface area contributed by atoms with Gasteiger partial charge in [-0.2, -0.15) is 0 Å². The van der Waals surface area contributed by atoms with Crippen molar-refractivity contribution >= 4 is 67.7 Å². The fourth-order valence-corrected chi connectivity index (χ4v) is 3.92. The van der Waals surface area contributed by atoms with Gasteiger partial charge in [-0.1, -0.05) is 50.9 Å². The zero-order chi connectivity index (χ0) is 16.4. The summed E-state index contributed by atoms with van der Waals surface area (Å²) in [6, 6.07) is 7.37. The molecule has 0 bridgehead atoms. The number of nitrogens with two attached hydrogens (primary N) is 1. The molecular formula is C15H13BrCl2N4S. The Kier molecular flexibility index (Phi) is 5.36. The number of benzene rings is 1. The number of nitrogens with zero attached hydrogens (tertiary/aromatic N) is 3. The molecule has 0 unspecified atom stereocenters. The second-order valence-electron chi connectivity index (χ2n) is 4.83. The number of imidazole rings is 1. The SMILES string of the molecule is Nc1nccc2c1nc(Sc1ccc(Cl)cc1Cl)n2CCCBr. The molecule has 8 heteroatoms. The van der Waals surface area contributed by atoms with Crippen LogP contribution in [0, 0.1) is 0 Å². The summed E-state index contributed by atoms with van der Waals surface area (Å²) in [7, 11) is 0. The summed E-state index contributed by atoms with van der Waals surface area (Å²) in [6.07, 6.45) is 2.68. The maximum Gasteiger partial charge on any atom is 0.174 e. The smallest absolute Gasteiger partial charge is 0.174 e. The molecule has 4 nitrogen and oxygen atoms in total. The van der Waals surface area contributed by atoms with Crippen LogP contribution in [-0.4, -0.2) is 19.9 Å². The molecule has 0 saturated carbocycles. The largest absolute Gasteiger partial charge is 0.382 e. The molecule has 0 aliphatic carbocycles. The molecule has 0 aliphatic heterocycles. The highest BCUT2D eigenvalue weighted by molar-refractivity contribution is 9.09. The summed E-state index contributed by atoms with van der Waals surface area (Å²) in [5.41, 5.74) is 7.66. The minimum absolute atomic E-state index is 0.434. The first-order valence-corrected chi connectivity index (χ1v) is 9.59. The number of fused-ring (bicyclic) bond motifs is 1. The van der Waals surface area contributed by atoms with E-state index < -0.39 is 0 Å². The summed E-state index contributed by atoms with van der Waals surface area (Å²) >= 11 is 17.2. The van der Waals surface area contributed by atoms with Gasteiger partial charge < -0.3 is 10.3 Å². The van der Waals surface area contributed by atoms with Crippen LogP contribution >= 0.6 is 50.9 Å². The maximum atomic E-state index is 6.28. The zero-order valence-electron chi connectivity index (χ0n) is 12.0. The molecule has 0 atom stereocenters. The predicted octanol–water partition coefficient (Wildman–Crippen LogP) is 5.26. The molecule has 0 fully saturated rings. The van der Waals surface area contributed by atoms with Gasteiger partial charge in [-0.15, -0.1) is 0 Å². The number of rotatable bonds is 5. The predicted molar refractivity (Wildman–Crippen MR) is 101 cm³/mol. The number of aryl methyl sites for hydroxylation is 1. The lowest BCUT2D eigenvalue weighted by Crippen LogP contribution is -2.00. The van der Waals surface area contributed by atoms with Crippen LogP contribution in [0.3, 0.4) is 0 Å². The van der Waals surface area contributed by atoms with Gasteiger partial charge in [-0.3, -0.25) is 0 Å². The molecule has 23 heavy (non-hydrogen) atoms. The van der Waals surface area contributed by atoms with Gasteiger partial charge >= 0.3 is 0 Å². The minimum atomic E-state index is 0.434. The average molecular weight is 432 g/mol. The number of anilines is 1. The van der Waals surface area contributed by atoms with Crippen LogP contribution in [-0.2, 0) is 6.54 Å². The average Bonchev–Trinajstić information content (AvgIpc) is 2.87. The van der Waals surface area contributed by atoms with Gasteiger partial charge in [-0.25, -0.2) is 9.97 Å². The number of nitrogen functional groups attached to an aromatic ring is 1. The highest BCUT2D eigenvalue weighted by atomic mass is 79.9. The first kappa shape index (κ1) is 16.9. The maximum absolute atomic E-state index is 6.28. The van der Waals surface area contributed by atoms with Crippen molar-refractivity contribution in [2.24, 2.45) is 0 Å². The number of aromatic nitrogens is 3. The lowest BCUT2D eigenvalue weighted by atomic mass is 10.3. The van der Waals surface area contributed by atoms with Crippen LogP contribution in [0.1, 0.15) is 6.42 Å². The van der Waals surface area contributed by atoms with Crippen LogP contribution in [0.4, 0.5) is 5.82 Å². The molecule has 0 saturated heterocycles. The molecule has 0 radical (unpaired) electrons. The Balaban J connectivity index is 2.06. The lowest BCUT2D eigenvalue weighted by molar-refractivity contribution is 0.644. The number of pyridine rings is 1. The van der Waals surface area contributed by atoms with Gasteiger partial charge in [0.2, 0.25) is 0 Å². The van der Waals surface area contributed by atoms with Crippen molar-refractivity contribution in [1.29, 1.82) is 0 Å². The quantitative estimate of drug-likeness (QED) is 0.560. The molecular weight excluding hydrogens is 419 g/mol. The molecule has 3 rings (SSSR count). The molecule has 0 spiro atoms. The Morgan fingerprint density at radius 1 is 1.26 bits per heavy atom. The van der Waals surface area contributed by atoms with E-state index >= 15 is 0 Å². The first-order valence-electron chi connectivity index (χ1n) is 6.89. The van der Waals surface area contributed by atoms with E-state index in [0.29, 0.717) is 15.9 Å². The normalized spacial score (nSPS) is 11.3. The van der Waals surface area contributed by atoms with Crippen LogP contribution in [0.2, 0.25) is 10.0 Å². The van der Waals surface area contributed by atoms with E-state index in [4.69, 9.17) is 28.9 Å². The van der Waals surface area contributed by atoms with Crippen LogP contribution in [0.15, 0.2) is 40.5 Å². The topological polar surface area (TPSA) is 56.7 Å². The Labute approximate surface area is 156 Å². The van der Waals surface area contributed by atoms with Gasteiger partial charge in [0.15, 0.2) is 11.0 Å². The van der Waals surface area contributed by atoms with E-state index in [0.717, 1.165) is 39.4 Å². The van der Waals surface area contributed by atoms with Gasteiger partial charge in [0.05, 0.1) is 10.5 Å². The summed E-state index contributed by atoms with van der Waals surface area (Å²) in [5.74, 6) is 0.434. The number of hydrogen-bond donors (Lipinski definition) is 1. The van der Waals surface area contributed by atoms with E-state index in [1.54, 1.807) is 12.3 Å². The number of hydrogen-bond acceptors (Lipinski definition) is 4. The Bertz CT molecular complexity index is 853. The second kappa shape index (κ2) is 7.30. The summed E-state index contributed by atoms with van der Waals surface area (Å²) in [5, 5.41) is 2.97. The molecule has 1 aromatic carbocycles. The van der Waals surface area contributed by atoms with Crippen LogP contribution in [0.5, 0.6) is 0 Å². The van der Waals surface area contributed by atoms with Crippen molar-refractivity contribution in [3.05, 3.63) is 40.5 Å². The fourth-order valence-electron chi connectivity index (χ4n) is 2.22. The monoisotopic (exact) mass is 430 g/mol. The van der Waals surface area contributed by atoms with E-state index in [1.165, 1.54) is 11.8 Å². The standard InChI is InChI=1S/C15H13BrCl2N4S/c16-5-1-7-22-11-4-6-20-14(19)13(11)21-15(22)23-12-3-2-9(17)8-10(12)18/h2-4,6,8H,1,5,7H2,(H2,19,20). The molecule has 0 aliphatic rings. The molecule has 0 amide bonds. The van der Waals surface area contributed by atoms with Crippen molar-refractivity contribution < 1.29 is 0 Å². The van der Waals surface area contributed by atoms with Gasteiger partial charge in [0, 0.05) is 28.0 Å². The van der Waals surface area contributed by atoms with E-state index in [1.807, 2.05) is 18.2 Å². The second-order valence-corrected chi connectivity index (χ2v) is 7.48. The molecule has 120 valence electrons. The Hall–Kier alpha value is -0.950. The van der Waals surface area contributed by atoms with E-state index in [9.17, 15) is 0 Å². The molecule has 2 heterocycles. The van der Waals surface area contributed by atoms with Crippen molar-refractivity contribution in [3.8, 4) is 0 Å². The van der Waals surface area contributed by atoms with Crippen molar-refractivity contribution in [3.63, 3.8) is 0 Å². The summed E-state index contributed by atoms with van der Waals surface area (Å²) in [6.45, 7) is 0.832. The zero-order valence-corrected chi connectivity index (χ0v) is 15.9. The third-order valence-electron chi connectivity index (χ3n) is 3.27.